The van der Waals surface area contributed by atoms with Crippen molar-refractivity contribution in [3.63, 3.8) is 0 Å². The van der Waals surface area contributed by atoms with Gasteiger partial charge in [-0.05, 0) is 55.7 Å². The summed E-state index contributed by atoms with van der Waals surface area (Å²) < 4.78 is 5.89. The van der Waals surface area contributed by atoms with Crippen LogP contribution in [0.4, 0.5) is 5.69 Å². The molecule has 0 unspecified atom stereocenters. The number of halogens is 2. The van der Waals surface area contributed by atoms with Crippen LogP contribution in [0.15, 0.2) is 36.4 Å². The minimum absolute atomic E-state index is 0.252. The van der Waals surface area contributed by atoms with Gasteiger partial charge >= 0.3 is 0 Å². The van der Waals surface area contributed by atoms with Crippen LogP contribution in [0.3, 0.4) is 0 Å². The van der Waals surface area contributed by atoms with Gasteiger partial charge in [0.25, 0.3) is 5.91 Å². The van der Waals surface area contributed by atoms with Gasteiger partial charge in [-0.1, -0.05) is 42.3 Å². The van der Waals surface area contributed by atoms with Gasteiger partial charge in [-0.2, -0.15) is 0 Å². The molecule has 122 valence electrons. The molecule has 0 saturated carbocycles. The zero-order valence-corrected chi connectivity index (χ0v) is 14.8. The molecule has 2 aromatic rings. The van der Waals surface area contributed by atoms with Crippen LogP contribution in [-0.2, 0) is 4.79 Å². The van der Waals surface area contributed by atoms with E-state index in [1.807, 2.05) is 39.0 Å². The summed E-state index contributed by atoms with van der Waals surface area (Å²) in [7, 11) is 0. The van der Waals surface area contributed by atoms with Gasteiger partial charge < -0.3 is 10.1 Å². The number of nitrogens with one attached hydrogen (secondary N) is 1. The molecular weight excluding hydrogens is 333 g/mol. The molecule has 1 amide bonds. The van der Waals surface area contributed by atoms with Crippen molar-refractivity contribution >= 4 is 34.8 Å². The summed E-state index contributed by atoms with van der Waals surface area (Å²) >= 11 is 12.0. The number of carbonyl (C=O) groups excluding carboxylic acids is 1. The Morgan fingerprint density at radius 3 is 2.65 bits per heavy atom. The lowest BCUT2D eigenvalue weighted by Gasteiger charge is -2.19. The summed E-state index contributed by atoms with van der Waals surface area (Å²) in [5, 5.41) is 3.72. The van der Waals surface area contributed by atoms with Crippen LogP contribution in [0.1, 0.15) is 24.5 Å². The van der Waals surface area contributed by atoms with Gasteiger partial charge in [0.15, 0.2) is 6.10 Å². The van der Waals surface area contributed by atoms with Gasteiger partial charge in [0.05, 0.1) is 10.7 Å². The number of benzene rings is 2. The van der Waals surface area contributed by atoms with E-state index in [1.54, 1.807) is 18.2 Å². The quantitative estimate of drug-likeness (QED) is 0.782. The normalized spacial score (nSPS) is 11.9. The summed E-state index contributed by atoms with van der Waals surface area (Å²) in [6.45, 7) is 5.88. The Hall–Kier alpha value is -1.71. The molecule has 23 heavy (non-hydrogen) atoms. The fraction of sp³-hybridized carbons (Fsp3) is 0.278. The van der Waals surface area contributed by atoms with Crippen molar-refractivity contribution in [2.45, 2.75) is 33.3 Å². The van der Waals surface area contributed by atoms with Gasteiger partial charge in [0.1, 0.15) is 5.75 Å². The molecule has 0 saturated heterocycles. The third-order valence-corrected chi connectivity index (χ3v) is 4.24. The summed E-state index contributed by atoms with van der Waals surface area (Å²) in [6.07, 6.45) is -0.0669. The van der Waals surface area contributed by atoms with Crippen LogP contribution in [0.5, 0.6) is 5.75 Å². The van der Waals surface area contributed by atoms with E-state index >= 15 is 0 Å². The number of aryl methyl sites for hydroxylation is 1. The highest BCUT2D eigenvalue weighted by Gasteiger charge is 2.20. The largest absolute Gasteiger partial charge is 0.480 e. The highest BCUT2D eigenvalue weighted by Crippen LogP contribution is 2.27. The Bertz CT molecular complexity index is 716. The van der Waals surface area contributed by atoms with E-state index in [2.05, 4.69) is 5.32 Å². The molecule has 3 nitrogen and oxygen atoms in total. The van der Waals surface area contributed by atoms with Gasteiger partial charge in [-0.15, -0.1) is 0 Å². The number of ether oxygens (including phenoxy) is 1. The van der Waals surface area contributed by atoms with Gasteiger partial charge in [0, 0.05) is 5.02 Å². The van der Waals surface area contributed by atoms with Crippen LogP contribution >= 0.6 is 23.2 Å². The summed E-state index contributed by atoms with van der Waals surface area (Å²) in [5.41, 5.74) is 2.63. The van der Waals surface area contributed by atoms with Crippen molar-refractivity contribution in [3.8, 4) is 5.75 Å². The Morgan fingerprint density at radius 1 is 1.22 bits per heavy atom. The molecule has 0 spiro atoms. The smallest absolute Gasteiger partial charge is 0.265 e. The SMILES string of the molecule is CC[C@H](Oc1cccc(C)c1C)C(=O)Nc1cc(Cl)ccc1Cl. The summed E-state index contributed by atoms with van der Waals surface area (Å²) in [5.74, 6) is 0.460. The summed E-state index contributed by atoms with van der Waals surface area (Å²) in [4.78, 5) is 12.5. The second-order valence-corrected chi connectivity index (χ2v) is 6.17. The van der Waals surface area contributed by atoms with Crippen molar-refractivity contribution < 1.29 is 9.53 Å². The molecule has 5 heteroatoms. The van der Waals surface area contributed by atoms with E-state index in [9.17, 15) is 4.79 Å². The molecule has 0 aromatic heterocycles. The average Bonchev–Trinajstić information content (AvgIpc) is 2.52. The molecule has 0 aliphatic heterocycles. The first-order valence-electron chi connectivity index (χ1n) is 7.41. The molecule has 0 bridgehead atoms. The first kappa shape index (κ1) is 17.6. The van der Waals surface area contributed by atoms with Crippen LogP contribution in [0.2, 0.25) is 10.0 Å². The third kappa shape index (κ3) is 4.40. The lowest BCUT2D eigenvalue weighted by molar-refractivity contribution is -0.122. The number of rotatable bonds is 5. The maximum absolute atomic E-state index is 12.5. The number of amides is 1. The predicted molar refractivity (Wildman–Crippen MR) is 95.7 cm³/mol. The summed E-state index contributed by atoms with van der Waals surface area (Å²) in [6, 6.07) is 10.7. The minimum atomic E-state index is -0.606. The molecule has 0 heterocycles. The Kier molecular flexibility index (Phi) is 5.91. The van der Waals surface area contributed by atoms with Gasteiger partial charge in [-0.3, -0.25) is 4.79 Å². The van der Waals surface area contributed by atoms with Crippen LogP contribution in [-0.4, -0.2) is 12.0 Å². The number of hydrogen-bond acceptors (Lipinski definition) is 2. The van der Waals surface area contributed by atoms with Gasteiger partial charge in [-0.25, -0.2) is 0 Å². The van der Waals surface area contributed by atoms with Crippen molar-refractivity contribution in [2.75, 3.05) is 5.32 Å². The van der Waals surface area contributed by atoms with E-state index in [1.165, 1.54) is 0 Å². The second kappa shape index (κ2) is 7.71. The van der Waals surface area contributed by atoms with E-state index in [0.29, 0.717) is 27.9 Å². The molecule has 0 aliphatic rings. The minimum Gasteiger partial charge on any atom is -0.480 e. The first-order chi connectivity index (χ1) is 10.9. The Balaban J connectivity index is 2.15. The van der Waals surface area contributed by atoms with Crippen LogP contribution in [0.25, 0.3) is 0 Å². The van der Waals surface area contributed by atoms with Crippen molar-refractivity contribution in [1.82, 2.24) is 0 Å². The topological polar surface area (TPSA) is 38.3 Å². The van der Waals surface area contributed by atoms with Crippen molar-refractivity contribution in [2.24, 2.45) is 0 Å². The molecule has 2 rings (SSSR count). The monoisotopic (exact) mass is 351 g/mol. The lowest BCUT2D eigenvalue weighted by atomic mass is 10.1. The van der Waals surface area contributed by atoms with Crippen LogP contribution < -0.4 is 10.1 Å². The number of anilines is 1. The Morgan fingerprint density at radius 2 is 1.96 bits per heavy atom. The molecule has 0 fully saturated rings. The molecular formula is C18H19Cl2NO2. The maximum Gasteiger partial charge on any atom is 0.265 e. The molecule has 1 atom stereocenters. The maximum atomic E-state index is 12.5. The van der Waals surface area contributed by atoms with E-state index in [0.717, 1.165) is 11.1 Å². The second-order valence-electron chi connectivity index (χ2n) is 5.33. The first-order valence-corrected chi connectivity index (χ1v) is 8.16. The zero-order valence-electron chi connectivity index (χ0n) is 13.3. The highest BCUT2D eigenvalue weighted by molar-refractivity contribution is 6.35. The number of hydrogen-bond donors (Lipinski definition) is 1. The standard InChI is InChI=1S/C18H19Cl2NO2/c1-4-16(23-17-7-5-6-11(2)12(17)3)18(22)21-15-10-13(19)8-9-14(15)20/h5-10,16H,4H2,1-3H3,(H,21,22)/t16-/m0/s1. The molecule has 2 aromatic carbocycles. The molecule has 0 radical (unpaired) electrons. The zero-order chi connectivity index (χ0) is 17.0. The highest BCUT2D eigenvalue weighted by atomic mass is 35.5. The van der Waals surface area contributed by atoms with Gasteiger partial charge in [0.2, 0.25) is 0 Å². The fourth-order valence-corrected chi connectivity index (χ4v) is 2.47. The van der Waals surface area contributed by atoms with Crippen molar-refractivity contribution in [1.29, 1.82) is 0 Å². The lowest BCUT2D eigenvalue weighted by Crippen LogP contribution is -2.32. The van der Waals surface area contributed by atoms with Crippen molar-refractivity contribution in [3.05, 3.63) is 57.6 Å². The average molecular weight is 352 g/mol. The number of carbonyl (C=O) groups is 1. The van der Waals surface area contributed by atoms with Crippen LogP contribution in [0, 0.1) is 13.8 Å². The molecule has 0 aliphatic carbocycles. The fourth-order valence-electron chi connectivity index (χ4n) is 2.13. The molecule has 1 N–H and O–H groups in total. The van der Waals surface area contributed by atoms with E-state index in [4.69, 9.17) is 27.9 Å². The van der Waals surface area contributed by atoms with E-state index < -0.39 is 6.10 Å². The predicted octanol–water partition coefficient (Wildman–Crippen LogP) is 5.41. The Labute approximate surface area is 146 Å². The van der Waals surface area contributed by atoms with E-state index in [-0.39, 0.29) is 5.91 Å². The third-order valence-electron chi connectivity index (χ3n) is 3.67.